The molecule has 14 heavy (non-hydrogen) atoms. The summed E-state index contributed by atoms with van der Waals surface area (Å²) < 4.78 is 0. The fourth-order valence-corrected chi connectivity index (χ4v) is 2.70. The summed E-state index contributed by atoms with van der Waals surface area (Å²) in [6.07, 6.45) is 9.39. The number of rotatable bonds is 4. The van der Waals surface area contributed by atoms with Crippen LogP contribution in [0.25, 0.3) is 0 Å². The van der Waals surface area contributed by atoms with E-state index in [0.29, 0.717) is 5.54 Å². The van der Waals surface area contributed by atoms with Gasteiger partial charge >= 0.3 is 0 Å². The molecule has 0 amide bonds. The Kier molecular flexibility index (Phi) is 4.90. The van der Waals surface area contributed by atoms with Crippen molar-refractivity contribution in [3.8, 4) is 0 Å². The van der Waals surface area contributed by atoms with Crippen LogP contribution in [0.5, 0.6) is 0 Å². The van der Waals surface area contributed by atoms with E-state index in [9.17, 15) is 0 Å². The van der Waals surface area contributed by atoms with Gasteiger partial charge in [-0.05, 0) is 32.9 Å². The molecule has 1 saturated carbocycles. The average Bonchev–Trinajstić information content (AvgIpc) is 2.44. The van der Waals surface area contributed by atoms with E-state index in [1.165, 1.54) is 51.5 Å². The Balaban J connectivity index is 2.61. The molecule has 1 aliphatic rings. The standard InChI is InChI=1S/C12H26N2/c1-3-10-14(2)12(11-13)8-6-4-5-7-9-12/h3-11,13H2,1-2H3. The number of hydrogen-bond acceptors (Lipinski definition) is 2. The van der Waals surface area contributed by atoms with Gasteiger partial charge in [0.25, 0.3) is 0 Å². The smallest absolute Gasteiger partial charge is 0.0328 e. The molecule has 0 aromatic carbocycles. The lowest BCUT2D eigenvalue weighted by Crippen LogP contribution is -2.52. The van der Waals surface area contributed by atoms with E-state index in [1.807, 2.05) is 0 Å². The Bertz CT molecular complexity index is 148. The van der Waals surface area contributed by atoms with Crippen LogP contribution in [0.15, 0.2) is 0 Å². The van der Waals surface area contributed by atoms with Crippen molar-refractivity contribution in [1.29, 1.82) is 0 Å². The minimum atomic E-state index is 0.326. The maximum absolute atomic E-state index is 6.00. The Morgan fingerprint density at radius 2 is 1.71 bits per heavy atom. The van der Waals surface area contributed by atoms with Crippen molar-refractivity contribution in [2.75, 3.05) is 20.1 Å². The van der Waals surface area contributed by atoms with Gasteiger partial charge in [-0.3, -0.25) is 4.90 Å². The van der Waals surface area contributed by atoms with Crippen LogP contribution in [0.2, 0.25) is 0 Å². The fourth-order valence-electron chi connectivity index (χ4n) is 2.70. The molecule has 0 atom stereocenters. The highest BCUT2D eigenvalue weighted by Crippen LogP contribution is 2.30. The molecule has 0 unspecified atom stereocenters. The summed E-state index contributed by atoms with van der Waals surface area (Å²) >= 11 is 0. The molecule has 0 heterocycles. The molecule has 1 fully saturated rings. The van der Waals surface area contributed by atoms with E-state index in [-0.39, 0.29) is 0 Å². The maximum atomic E-state index is 6.00. The SMILES string of the molecule is CCCN(C)C1(CN)CCCCCC1. The molecule has 0 spiro atoms. The van der Waals surface area contributed by atoms with Crippen LogP contribution in [0.4, 0.5) is 0 Å². The van der Waals surface area contributed by atoms with Crippen LogP contribution in [0.1, 0.15) is 51.9 Å². The highest BCUT2D eigenvalue weighted by atomic mass is 15.2. The lowest BCUT2D eigenvalue weighted by molar-refractivity contribution is 0.107. The molecule has 1 rings (SSSR count). The fraction of sp³-hybridized carbons (Fsp3) is 1.00. The van der Waals surface area contributed by atoms with Crippen molar-refractivity contribution in [1.82, 2.24) is 4.90 Å². The summed E-state index contributed by atoms with van der Waals surface area (Å²) in [6.45, 7) is 4.28. The summed E-state index contributed by atoms with van der Waals surface area (Å²) in [4.78, 5) is 2.51. The lowest BCUT2D eigenvalue weighted by Gasteiger charge is -2.40. The summed E-state index contributed by atoms with van der Waals surface area (Å²) in [6, 6.07) is 0. The maximum Gasteiger partial charge on any atom is 0.0328 e. The van der Waals surface area contributed by atoms with E-state index in [1.54, 1.807) is 0 Å². The van der Waals surface area contributed by atoms with Crippen LogP contribution >= 0.6 is 0 Å². The first-order valence-electron chi connectivity index (χ1n) is 6.16. The highest BCUT2D eigenvalue weighted by molar-refractivity contribution is 4.91. The summed E-state index contributed by atoms with van der Waals surface area (Å²) in [7, 11) is 2.25. The van der Waals surface area contributed by atoms with Gasteiger partial charge in [-0.2, -0.15) is 0 Å². The normalized spacial score (nSPS) is 22.3. The molecule has 84 valence electrons. The minimum Gasteiger partial charge on any atom is -0.329 e. The topological polar surface area (TPSA) is 29.3 Å². The van der Waals surface area contributed by atoms with Crippen LogP contribution in [0, 0.1) is 0 Å². The summed E-state index contributed by atoms with van der Waals surface area (Å²) in [5.41, 5.74) is 6.32. The molecule has 0 aromatic rings. The number of nitrogens with two attached hydrogens (primary N) is 1. The van der Waals surface area contributed by atoms with Gasteiger partial charge in [0.1, 0.15) is 0 Å². The Hall–Kier alpha value is -0.0800. The van der Waals surface area contributed by atoms with Crippen molar-refractivity contribution >= 4 is 0 Å². The minimum absolute atomic E-state index is 0.326. The first-order valence-corrected chi connectivity index (χ1v) is 6.16. The van der Waals surface area contributed by atoms with Crippen molar-refractivity contribution in [2.45, 2.75) is 57.4 Å². The Morgan fingerprint density at radius 3 is 2.14 bits per heavy atom. The van der Waals surface area contributed by atoms with Crippen molar-refractivity contribution in [3.05, 3.63) is 0 Å². The van der Waals surface area contributed by atoms with Gasteiger partial charge in [0.2, 0.25) is 0 Å². The largest absolute Gasteiger partial charge is 0.329 e. The zero-order valence-corrected chi connectivity index (χ0v) is 9.89. The second kappa shape index (κ2) is 5.72. The van der Waals surface area contributed by atoms with Crippen LogP contribution in [-0.4, -0.2) is 30.6 Å². The lowest BCUT2D eigenvalue weighted by atomic mass is 9.88. The monoisotopic (exact) mass is 198 g/mol. The molecular weight excluding hydrogens is 172 g/mol. The van der Waals surface area contributed by atoms with Gasteiger partial charge in [0.05, 0.1) is 0 Å². The predicted octanol–water partition coefficient (Wildman–Crippen LogP) is 2.38. The zero-order valence-electron chi connectivity index (χ0n) is 9.89. The van der Waals surface area contributed by atoms with E-state index >= 15 is 0 Å². The van der Waals surface area contributed by atoms with Crippen molar-refractivity contribution in [2.24, 2.45) is 5.73 Å². The van der Waals surface area contributed by atoms with Crippen LogP contribution < -0.4 is 5.73 Å². The van der Waals surface area contributed by atoms with Gasteiger partial charge in [-0.1, -0.05) is 32.6 Å². The molecular formula is C12H26N2. The van der Waals surface area contributed by atoms with Crippen molar-refractivity contribution in [3.63, 3.8) is 0 Å². The van der Waals surface area contributed by atoms with Gasteiger partial charge in [0.15, 0.2) is 0 Å². The van der Waals surface area contributed by atoms with Crippen LogP contribution in [-0.2, 0) is 0 Å². The second-order valence-electron chi connectivity index (χ2n) is 4.76. The zero-order chi connectivity index (χ0) is 10.4. The molecule has 0 aromatic heterocycles. The first kappa shape index (κ1) is 12.0. The van der Waals surface area contributed by atoms with E-state index in [4.69, 9.17) is 5.73 Å². The van der Waals surface area contributed by atoms with Gasteiger partial charge in [-0.15, -0.1) is 0 Å². The molecule has 1 aliphatic carbocycles. The van der Waals surface area contributed by atoms with Crippen LogP contribution in [0.3, 0.4) is 0 Å². The third-order valence-corrected chi connectivity index (χ3v) is 3.78. The second-order valence-corrected chi connectivity index (χ2v) is 4.76. The van der Waals surface area contributed by atoms with Gasteiger partial charge in [-0.25, -0.2) is 0 Å². The third kappa shape index (κ3) is 2.71. The van der Waals surface area contributed by atoms with Crippen molar-refractivity contribution < 1.29 is 0 Å². The highest BCUT2D eigenvalue weighted by Gasteiger charge is 2.32. The molecule has 2 nitrogen and oxygen atoms in total. The van der Waals surface area contributed by atoms with E-state index in [0.717, 1.165) is 6.54 Å². The summed E-state index contributed by atoms with van der Waals surface area (Å²) in [5.74, 6) is 0. The Morgan fingerprint density at radius 1 is 1.14 bits per heavy atom. The third-order valence-electron chi connectivity index (χ3n) is 3.78. The molecule has 2 heteroatoms. The number of hydrogen-bond donors (Lipinski definition) is 1. The van der Waals surface area contributed by atoms with Gasteiger partial charge in [0, 0.05) is 12.1 Å². The molecule has 2 N–H and O–H groups in total. The molecule has 0 aliphatic heterocycles. The quantitative estimate of drug-likeness (QED) is 0.703. The average molecular weight is 198 g/mol. The molecule has 0 saturated heterocycles. The van der Waals surface area contributed by atoms with E-state index in [2.05, 4.69) is 18.9 Å². The number of likely N-dealkylation sites (N-methyl/N-ethyl adjacent to an activating group) is 1. The van der Waals surface area contributed by atoms with E-state index < -0.39 is 0 Å². The Labute approximate surface area is 88.8 Å². The number of nitrogens with zero attached hydrogens (tertiary/aromatic N) is 1. The predicted molar refractivity (Wildman–Crippen MR) is 62.4 cm³/mol. The molecule has 0 radical (unpaired) electrons. The summed E-state index contributed by atoms with van der Waals surface area (Å²) in [5, 5.41) is 0. The molecule has 0 bridgehead atoms. The van der Waals surface area contributed by atoms with Gasteiger partial charge < -0.3 is 5.73 Å². The first-order chi connectivity index (χ1) is 6.75.